The van der Waals surface area contributed by atoms with Crippen LogP contribution in [0.1, 0.15) is 22.0 Å². The van der Waals surface area contributed by atoms with Crippen molar-refractivity contribution in [1.82, 2.24) is 14.8 Å². The van der Waals surface area contributed by atoms with Gasteiger partial charge in [0, 0.05) is 24.2 Å². The summed E-state index contributed by atoms with van der Waals surface area (Å²) in [5, 5.41) is 0. The van der Waals surface area contributed by atoms with E-state index >= 15 is 0 Å². The lowest BCUT2D eigenvalue weighted by molar-refractivity contribution is -0.0684. The molecule has 150 valence electrons. The number of hydrogen-bond acceptors (Lipinski definition) is 5. The Morgan fingerprint density at radius 1 is 1.14 bits per heavy atom. The second-order valence-corrected chi connectivity index (χ2v) is 7.47. The molecule has 0 spiro atoms. The molecule has 0 bridgehead atoms. The van der Waals surface area contributed by atoms with E-state index < -0.39 is 0 Å². The highest BCUT2D eigenvalue weighted by Gasteiger charge is 2.36. The molecule has 29 heavy (non-hydrogen) atoms. The van der Waals surface area contributed by atoms with Crippen LogP contribution < -0.4 is 0 Å². The Kier molecular flexibility index (Phi) is 5.74. The highest BCUT2D eigenvalue weighted by molar-refractivity contribution is 5.95. The predicted octanol–water partition coefficient (Wildman–Crippen LogP) is 3.49. The Morgan fingerprint density at radius 3 is 2.55 bits per heavy atom. The number of carbonyl (C=O) groups excluding carboxylic acids is 1. The second-order valence-electron chi connectivity index (χ2n) is 7.47. The monoisotopic (exact) mass is 391 g/mol. The number of benzene rings is 2. The van der Waals surface area contributed by atoms with Crippen LogP contribution in [0.5, 0.6) is 0 Å². The van der Waals surface area contributed by atoms with Gasteiger partial charge in [-0.05, 0) is 31.8 Å². The Hall–Kier alpha value is -2.96. The van der Waals surface area contributed by atoms with Crippen molar-refractivity contribution in [2.75, 3.05) is 33.8 Å². The van der Waals surface area contributed by atoms with Crippen molar-refractivity contribution in [2.45, 2.75) is 12.1 Å². The Morgan fingerprint density at radius 2 is 1.90 bits per heavy atom. The molecule has 1 aliphatic heterocycles. The number of amides is 1. The topological polar surface area (TPSA) is 58.8 Å². The fourth-order valence-electron chi connectivity index (χ4n) is 3.82. The summed E-state index contributed by atoms with van der Waals surface area (Å²) in [6.45, 7) is 1.84. The van der Waals surface area contributed by atoms with Gasteiger partial charge in [-0.25, -0.2) is 4.98 Å². The number of nitrogens with zero attached hydrogens (tertiary/aromatic N) is 3. The van der Waals surface area contributed by atoms with Gasteiger partial charge in [-0.15, -0.1) is 0 Å². The Balaban J connectivity index is 1.62. The van der Waals surface area contributed by atoms with Crippen LogP contribution in [0.2, 0.25) is 0 Å². The summed E-state index contributed by atoms with van der Waals surface area (Å²) in [6.07, 6.45) is 2.98. The molecule has 1 amide bonds. The first-order chi connectivity index (χ1) is 14.1. The summed E-state index contributed by atoms with van der Waals surface area (Å²) in [5.41, 5.74) is 2.64. The van der Waals surface area contributed by atoms with Crippen LogP contribution in [0.3, 0.4) is 0 Å². The number of carbonyl (C=O) groups is 1. The van der Waals surface area contributed by atoms with Crippen LogP contribution in [-0.2, 0) is 4.74 Å². The van der Waals surface area contributed by atoms with Crippen molar-refractivity contribution >= 4 is 5.91 Å². The minimum atomic E-state index is -0.131. The molecule has 2 heterocycles. The molecule has 2 aromatic carbocycles. The van der Waals surface area contributed by atoms with Gasteiger partial charge in [0.1, 0.15) is 0 Å². The predicted molar refractivity (Wildman–Crippen MR) is 110 cm³/mol. The van der Waals surface area contributed by atoms with E-state index in [2.05, 4.69) is 22.0 Å². The lowest BCUT2D eigenvalue weighted by atomic mass is 9.96. The number of ether oxygens (including phenoxy) is 1. The third-order valence-electron chi connectivity index (χ3n) is 5.15. The van der Waals surface area contributed by atoms with E-state index in [1.165, 1.54) is 6.39 Å². The van der Waals surface area contributed by atoms with Crippen molar-refractivity contribution in [3.8, 4) is 11.3 Å². The van der Waals surface area contributed by atoms with Crippen molar-refractivity contribution < 1.29 is 13.9 Å². The van der Waals surface area contributed by atoms with Crippen molar-refractivity contribution in [3.05, 3.63) is 78.3 Å². The molecule has 1 saturated heterocycles. The Labute approximate surface area is 170 Å². The van der Waals surface area contributed by atoms with Crippen LogP contribution in [0, 0.1) is 0 Å². The van der Waals surface area contributed by atoms with Crippen LogP contribution in [0.25, 0.3) is 11.3 Å². The average Bonchev–Trinajstić information content (AvgIpc) is 3.28. The molecule has 0 saturated carbocycles. The van der Waals surface area contributed by atoms with Gasteiger partial charge in [-0.1, -0.05) is 42.5 Å². The highest BCUT2D eigenvalue weighted by atomic mass is 16.5. The van der Waals surface area contributed by atoms with Crippen LogP contribution >= 0.6 is 0 Å². The third-order valence-corrected chi connectivity index (χ3v) is 5.15. The number of oxazole rings is 1. The molecule has 1 aromatic heterocycles. The summed E-state index contributed by atoms with van der Waals surface area (Å²) in [5.74, 6) is 0.693. The average molecular weight is 391 g/mol. The minimum absolute atomic E-state index is 0.00929. The maximum atomic E-state index is 13.4. The molecule has 1 fully saturated rings. The summed E-state index contributed by atoms with van der Waals surface area (Å²) in [4.78, 5) is 21.4. The van der Waals surface area contributed by atoms with Gasteiger partial charge < -0.3 is 19.0 Å². The molecule has 0 radical (unpaired) electrons. The number of likely N-dealkylation sites (N-methyl/N-ethyl adjacent to an activating group) is 1. The zero-order valence-electron chi connectivity index (χ0n) is 16.7. The van der Waals surface area contributed by atoms with Crippen molar-refractivity contribution in [3.63, 3.8) is 0 Å². The summed E-state index contributed by atoms with van der Waals surface area (Å²) in [6, 6.07) is 17.5. The molecule has 0 N–H and O–H groups in total. The molecule has 6 heteroatoms. The van der Waals surface area contributed by atoms with Gasteiger partial charge >= 0.3 is 0 Å². The fraction of sp³-hybridized carbons (Fsp3) is 0.304. The second kappa shape index (κ2) is 8.59. The number of rotatable bonds is 5. The van der Waals surface area contributed by atoms with Crippen LogP contribution in [-0.4, -0.2) is 60.6 Å². The molecule has 0 unspecified atom stereocenters. The first-order valence-corrected chi connectivity index (χ1v) is 9.74. The van der Waals surface area contributed by atoms with Crippen molar-refractivity contribution in [1.29, 1.82) is 0 Å². The van der Waals surface area contributed by atoms with Gasteiger partial charge in [-0.2, -0.15) is 0 Å². The van der Waals surface area contributed by atoms with E-state index in [-0.39, 0.29) is 18.1 Å². The van der Waals surface area contributed by atoms with Gasteiger partial charge in [0.2, 0.25) is 0 Å². The molecule has 3 aromatic rings. The number of morpholine rings is 1. The van der Waals surface area contributed by atoms with Crippen molar-refractivity contribution in [2.24, 2.45) is 0 Å². The minimum Gasteiger partial charge on any atom is -0.444 e. The summed E-state index contributed by atoms with van der Waals surface area (Å²) in [7, 11) is 4.04. The molecule has 4 rings (SSSR count). The SMILES string of the molecule is CN(C)C[C@@H]1OCCN(C(=O)c2ccc(-c3cnco3)cc2)[C@H]1c1ccccc1. The first-order valence-electron chi connectivity index (χ1n) is 9.74. The zero-order chi connectivity index (χ0) is 20.2. The molecular formula is C23H25N3O3. The van der Waals surface area contributed by atoms with E-state index in [0.29, 0.717) is 24.5 Å². The van der Waals surface area contributed by atoms with E-state index in [1.54, 1.807) is 6.20 Å². The molecule has 2 atom stereocenters. The maximum absolute atomic E-state index is 13.4. The summed E-state index contributed by atoms with van der Waals surface area (Å²) < 4.78 is 11.4. The van der Waals surface area contributed by atoms with Gasteiger partial charge in [0.15, 0.2) is 12.2 Å². The lowest BCUT2D eigenvalue weighted by Crippen LogP contribution is -2.51. The fourth-order valence-corrected chi connectivity index (χ4v) is 3.82. The van der Waals surface area contributed by atoms with E-state index in [9.17, 15) is 4.79 Å². The highest BCUT2D eigenvalue weighted by Crippen LogP contribution is 2.31. The standard InChI is InChI=1S/C23H25N3O3/c1-25(2)15-21-22(18-6-4-3-5-7-18)26(12-13-28-21)23(27)19-10-8-17(9-11-19)20-14-24-16-29-20/h3-11,14,16,21-22H,12-13,15H2,1-2H3/t21-,22-/m0/s1. The maximum Gasteiger partial charge on any atom is 0.254 e. The molecule has 0 aliphatic carbocycles. The van der Waals surface area contributed by atoms with E-state index in [4.69, 9.17) is 9.15 Å². The molecule has 1 aliphatic rings. The van der Waals surface area contributed by atoms with Crippen LogP contribution in [0.15, 0.2) is 71.6 Å². The van der Waals surface area contributed by atoms with E-state index in [0.717, 1.165) is 17.7 Å². The first kappa shape index (κ1) is 19.4. The van der Waals surface area contributed by atoms with Gasteiger partial charge in [0.05, 0.1) is 24.9 Å². The lowest BCUT2D eigenvalue weighted by Gasteiger charge is -2.42. The molecular weight excluding hydrogens is 366 g/mol. The number of aromatic nitrogens is 1. The smallest absolute Gasteiger partial charge is 0.254 e. The van der Waals surface area contributed by atoms with E-state index in [1.807, 2.05) is 61.5 Å². The Bertz CT molecular complexity index is 924. The third kappa shape index (κ3) is 4.23. The largest absolute Gasteiger partial charge is 0.444 e. The number of hydrogen-bond donors (Lipinski definition) is 0. The normalized spacial score (nSPS) is 19.5. The van der Waals surface area contributed by atoms with Crippen LogP contribution in [0.4, 0.5) is 0 Å². The molecule has 6 nitrogen and oxygen atoms in total. The zero-order valence-corrected chi connectivity index (χ0v) is 16.7. The van der Waals surface area contributed by atoms with Gasteiger partial charge in [-0.3, -0.25) is 4.79 Å². The quantitative estimate of drug-likeness (QED) is 0.666. The van der Waals surface area contributed by atoms with Gasteiger partial charge in [0.25, 0.3) is 5.91 Å². The summed E-state index contributed by atoms with van der Waals surface area (Å²) >= 11 is 0.